The van der Waals surface area contributed by atoms with Gasteiger partial charge in [0, 0.05) is 17.2 Å². The molecule has 2 amide bonds. The number of hydrogen-bond donors (Lipinski definition) is 1. The SMILES string of the molecule is COc1ccc(NC(=O)CN(C)C(=O)[C@H](C)Oc2ccc(Br)cc2)cc1. The molecule has 26 heavy (non-hydrogen) atoms. The zero-order valence-electron chi connectivity index (χ0n) is 14.9. The summed E-state index contributed by atoms with van der Waals surface area (Å²) in [5, 5.41) is 2.74. The van der Waals surface area contributed by atoms with E-state index in [0.29, 0.717) is 17.2 Å². The van der Waals surface area contributed by atoms with E-state index in [1.807, 2.05) is 12.1 Å². The minimum absolute atomic E-state index is 0.0705. The van der Waals surface area contributed by atoms with Gasteiger partial charge in [-0.1, -0.05) is 15.9 Å². The summed E-state index contributed by atoms with van der Waals surface area (Å²) in [6.07, 6.45) is -0.699. The first-order valence-electron chi connectivity index (χ1n) is 8.00. The number of methoxy groups -OCH3 is 1. The number of rotatable bonds is 7. The van der Waals surface area contributed by atoms with Crippen molar-refractivity contribution in [2.24, 2.45) is 0 Å². The molecule has 0 heterocycles. The Morgan fingerprint density at radius 2 is 1.65 bits per heavy atom. The van der Waals surface area contributed by atoms with Crippen molar-refractivity contribution in [2.45, 2.75) is 13.0 Å². The summed E-state index contributed by atoms with van der Waals surface area (Å²) in [6, 6.07) is 14.2. The molecule has 2 aromatic carbocycles. The zero-order chi connectivity index (χ0) is 19.1. The molecule has 0 aliphatic rings. The van der Waals surface area contributed by atoms with E-state index in [1.165, 1.54) is 4.90 Å². The molecule has 0 bridgehead atoms. The normalized spacial score (nSPS) is 11.4. The van der Waals surface area contributed by atoms with Crippen molar-refractivity contribution in [1.29, 1.82) is 0 Å². The summed E-state index contributed by atoms with van der Waals surface area (Å²) in [7, 11) is 3.14. The molecule has 1 N–H and O–H groups in total. The third-order valence-electron chi connectivity index (χ3n) is 3.61. The molecular weight excluding hydrogens is 400 g/mol. The highest BCUT2D eigenvalue weighted by atomic mass is 79.9. The molecule has 0 radical (unpaired) electrons. The third-order valence-corrected chi connectivity index (χ3v) is 4.13. The first kappa shape index (κ1) is 19.8. The van der Waals surface area contributed by atoms with Crippen LogP contribution >= 0.6 is 15.9 Å². The molecule has 138 valence electrons. The molecule has 0 saturated carbocycles. The highest BCUT2D eigenvalue weighted by Gasteiger charge is 2.21. The fourth-order valence-electron chi connectivity index (χ4n) is 2.25. The smallest absolute Gasteiger partial charge is 0.263 e. The van der Waals surface area contributed by atoms with Crippen molar-refractivity contribution >= 4 is 33.4 Å². The summed E-state index contributed by atoms with van der Waals surface area (Å²) in [6.45, 7) is 1.58. The molecule has 0 fully saturated rings. The van der Waals surface area contributed by atoms with Gasteiger partial charge in [-0.2, -0.15) is 0 Å². The second kappa shape index (κ2) is 9.24. The van der Waals surface area contributed by atoms with E-state index >= 15 is 0 Å². The fraction of sp³-hybridized carbons (Fsp3) is 0.263. The molecule has 6 nitrogen and oxygen atoms in total. The fourth-order valence-corrected chi connectivity index (χ4v) is 2.51. The van der Waals surface area contributed by atoms with E-state index in [-0.39, 0.29) is 18.4 Å². The van der Waals surface area contributed by atoms with Gasteiger partial charge >= 0.3 is 0 Å². The molecule has 7 heteroatoms. The van der Waals surface area contributed by atoms with Crippen molar-refractivity contribution in [3.05, 3.63) is 53.0 Å². The molecule has 0 saturated heterocycles. The quantitative estimate of drug-likeness (QED) is 0.745. The summed E-state index contributed by atoms with van der Waals surface area (Å²) in [5.41, 5.74) is 0.635. The Labute approximate surface area is 161 Å². The number of hydrogen-bond acceptors (Lipinski definition) is 4. The van der Waals surface area contributed by atoms with Crippen molar-refractivity contribution < 1.29 is 19.1 Å². The van der Waals surface area contributed by atoms with Crippen LogP contribution in [-0.4, -0.2) is 43.5 Å². The predicted octanol–water partition coefficient (Wildman–Crippen LogP) is 3.32. The van der Waals surface area contributed by atoms with Crippen molar-refractivity contribution in [2.75, 3.05) is 26.0 Å². The Kier molecular flexibility index (Phi) is 7.03. The van der Waals surface area contributed by atoms with Crippen LogP contribution < -0.4 is 14.8 Å². The number of amides is 2. The van der Waals surface area contributed by atoms with E-state index in [9.17, 15) is 9.59 Å². The highest BCUT2D eigenvalue weighted by molar-refractivity contribution is 9.10. The van der Waals surface area contributed by atoms with Crippen LogP contribution in [0.2, 0.25) is 0 Å². The third kappa shape index (κ3) is 5.77. The minimum atomic E-state index is -0.699. The number of nitrogens with one attached hydrogen (secondary N) is 1. The van der Waals surface area contributed by atoms with Gasteiger partial charge < -0.3 is 19.7 Å². The Morgan fingerprint density at radius 1 is 1.08 bits per heavy atom. The maximum Gasteiger partial charge on any atom is 0.263 e. The number of ether oxygens (including phenoxy) is 2. The largest absolute Gasteiger partial charge is 0.497 e. The first-order chi connectivity index (χ1) is 12.4. The maximum atomic E-state index is 12.4. The predicted molar refractivity (Wildman–Crippen MR) is 103 cm³/mol. The zero-order valence-corrected chi connectivity index (χ0v) is 16.4. The molecule has 0 aliphatic carbocycles. The summed E-state index contributed by atoms with van der Waals surface area (Å²) in [4.78, 5) is 25.8. The van der Waals surface area contributed by atoms with Gasteiger partial charge in [0.05, 0.1) is 13.7 Å². The second-order valence-corrected chi connectivity index (χ2v) is 6.60. The van der Waals surface area contributed by atoms with Crippen LogP contribution in [0.3, 0.4) is 0 Å². The van der Waals surface area contributed by atoms with E-state index < -0.39 is 6.10 Å². The average Bonchev–Trinajstić information content (AvgIpc) is 2.63. The molecule has 0 aliphatic heterocycles. The first-order valence-corrected chi connectivity index (χ1v) is 8.79. The Morgan fingerprint density at radius 3 is 2.23 bits per heavy atom. The monoisotopic (exact) mass is 420 g/mol. The van der Waals surface area contributed by atoms with Crippen molar-refractivity contribution in [1.82, 2.24) is 4.90 Å². The van der Waals surface area contributed by atoms with Crippen LogP contribution in [0, 0.1) is 0 Å². The molecular formula is C19H21BrN2O4. The lowest BCUT2D eigenvalue weighted by molar-refractivity contribution is -0.139. The standard InChI is InChI=1S/C19H21BrN2O4/c1-13(26-17-8-4-14(20)5-9-17)19(24)22(2)12-18(23)21-15-6-10-16(25-3)11-7-15/h4-11,13H,12H2,1-3H3,(H,21,23)/t13-/m0/s1. The molecule has 2 rings (SSSR count). The van der Waals surface area contributed by atoms with E-state index in [2.05, 4.69) is 21.2 Å². The summed E-state index contributed by atoms with van der Waals surface area (Å²) >= 11 is 3.34. The van der Waals surface area contributed by atoms with Gasteiger partial charge in [0.15, 0.2) is 6.10 Å². The molecule has 1 atom stereocenters. The Bertz CT molecular complexity index is 747. The number of nitrogens with zero attached hydrogens (tertiary/aromatic N) is 1. The van der Waals surface area contributed by atoms with E-state index in [4.69, 9.17) is 9.47 Å². The number of carbonyl (C=O) groups is 2. The lowest BCUT2D eigenvalue weighted by Gasteiger charge is -2.21. The average molecular weight is 421 g/mol. The van der Waals surface area contributed by atoms with Gasteiger partial charge in [0.25, 0.3) is 5.91 Å². The minimum Gasteiger partial charge on any atom is -0.497 e. The lowest BCUT2D eigenvalue weighted by atomic mass is 10.3. The number of likely N-dealkylation sites (N-methyl/N-ethyl adjacent to an activating group) is 1. The van der Waals surface area contributed by atoms with Crippen molar-refractivity contribution in [3.8, 4) is 11.5 Å². The second-order valence-electron chi connectivity index (χ2n) is 5.68. The number of benzene rings is 2. The summed E-state index contributed by atoms with van der Waals surface area (Å²) < 4.78 is 11.6. The van der Waals surface area contributed by atoms with Crippen LogP contribution in [0.4, 0.5) is 5.69 Å². The molecule has 0 unspecified atom stereocenters. The topological polar surface area (TPSA) is 67.9 Å². The van der Waals surface area contributed by atoms with Gasteiger partial charge in [-0.15, -0.1) is 0 Å². The molecule has 2 aromatic rings. The number of halogens is 1. The Balaban J connectivity index is 1.86. The van der Waals surface area contributed by atoms with Crippen LogP contribution in [0.5, 0.6) is 11.5 Å². The Hall–Kier alpha value is -2.54. The van der Waals surface area contributed by atoms with Crippen LogP contribution in [-0.2, 0) is 9.59 Å². The van der Waals surface area contributed by atoms with Gasteiger partial charge in [-0.3, -0.25) is 9.59 Å². The molecule has 0 aromatic heterocycles. The maximum absolute atomic E-state index is 12.4. The number of anilines is 1. The van der Waals surface area contributed by atoms with Crippen LogP contribution in [0.1, 0.15) is 6.92 Å². The molecule has 0 spiro atoms. The summed E-state index contributed by atoms with van der Waals surface area (Å²) in [5.74, 6) is 0.721. The lowest BCUT2D eigenvalue weighted by Crippen LogP contribution is -2.41. The van der Waals surface area contributed by atoms with Gasteiger partial charge in [0.1, 0.15) is 11.5 Å². The van der Waals surface area contributed by atoms with Crippen LogP contribution in [0.25, 0.3) is 0 Å². The van der Waals surface area contributed by atoms with Gasteiger partial charge in [-0.05, 0) is 55.5 Å². The highest BCUT2D eigenvalue weighted by Crippen LogP contribution is 2.18. The van der Waals surface area contributed by atoms with E-state index in [1.54, 1.807) is 57.5 Å². The van der Waals surface area contributed by atoms with Gasteiger partial charge in [-0.25, -0.2) is 0 Å². The van der Waals surface area contributed by atoms with Crippen molar-refractivity contribution in [3.63, 3.8) is 0 Å². The van der Waals surface area contributed by atoms with Gasteiger partial charge in [0.2, 0.25) is 5.91 Å². The van der Waals surface area contributed by atoms with E-state index in [0.717, 1.165) is 4.47 Å². The number of carbonyl (C=O) groups excluding carboxylic acids is 2. The van der Waals surface area contributed by atoms with Crippen LogP contribution in [0.15, 0.2) is 53.0 Å².